The first-order valence-corrected chi connectivity index (χ1v) is 13.2. The number of piperazine rings is 1. The van der Waals surface area contributed by atoms with Crippen molar-refractivity contribution in [2.75, 3.05) is 52.9 Å². The normalized spacial score (nSPS) is 22.0. The Morgan fingerprint density at radius 3 is 2.27 bits per heavy atom. The molecule has 0 spiro atoms. The van der Waals surface area contributed by atoms with E-state index in [1.165, 1.54) is 4.31 Å². The zero-order valence-electron chi connectivity index (χ0n) is 19.3. The number of carbonyl (C=O) groups is 1. The van der Waals surface area contributed by atoms with Gasteiger partial charge in [-0.25, -0.2) is 8.42 Å². The molecule has 0 aliphatic carbocycles. The Hall–Kier alpha value is -2.26. The lowest BCUT2D eigenvalue weighted by atomic mass is 9.97. The van der Waals surface area contributed by atoms with E-state index in [1.807, 2.05) is 30.3 Å². The molecular formula is C25H34N4O3S. The minimum Gasteiger partial charge on any atom is -0.348 e. The van der Waals surface area contributed by atoms with Crippen LogP contribution in [0.15, 0.2) is 65.6 Å². The summed E-state index contributed by atoms with van der Waals surface area (Å²) >= 11 is 0. The maximum atomic E-state index is 13.3. The maximum Gasteiger partial charge on any atom is 0.243 e. The van der Waals surface area contributed by atoms with E-state index in [9.17, 15) is 13.2 Å². The van der Waals surface area contributed by atoms with Gasteiger partial charge in [-0.1, -0.05) is 48.5 Å². The van der Waals surface area contributed by atoms with E-state index in [2.05, 4.69) is 22.2 Å². The van der Waals surface area contributed by atoms with Gasteiger partial charge in [0.2, 0.25) is 15.9 Å². The van der Waals surface area contributed by atoms with Crippen molar-refractivity contribution in [1.82, 2.24) is 19.4 Å². The van der Waals surface area contributed by atoms with Gasteiger partial charge in [-0.05, 0) is 37.6 Å². The molecule has 2 aromatic rings. The van der Waals surface area contributed by atoms with Gasteiger partial charge in [0.1, 0.15) is 0 Å². The molecule has 2 saturated heterocycles. The topological polar surface area (TPSA) is 73.0 Å². The number of rotatable bonds is 7. The SMILES string of the molecule is CN1CCN(CC(NC(=O)C2CCCN(S(=O)(=O)c3ccccc3)C2)c2ccccc2)CC1. The van der Waals surface area contributed by atoms with Crippen LogP contribution < -0.4 is 5.32 Å². The molecule has 2 atom stereocenters. The fraction of sp³-hybridized carbons (Fsp3) is 0.480. The minimum atomic E-state index is -3.60. The van der Waals surface area contributed by atoms with Crippen LogP contribution in [0, 0.1) is 5.92 Å². The second-order valence-corrected chi connectivity index (χ2v) is 11.0. The Kier molecular flexibility index (Phi) is 7.80. The zero-order valence-corrected chi connectivity index (χ0v) is 20.1. The van der Waals surface area contributed by atoms with Gasteiger partial charge < -0.3 is 10.2 Å². The highest BCUT2D eigenvalue weighted by molar-refractivity contribution is 7.89. The lowest BCUT2D eigenvalue weighted by Gasteiger charge is -2.36. The van der Waals surface area contributed by atoms with Crippen LogP contribution in [0.2, 0.25) is 0 Å². The summed E-state index contributed by atoms with van der Waals surface area (Å²) in [6.07, 6.45) is 1.38. The number of piperidine rings is 1. The molecule has 0 radical (unpaired) electrons. The van der Waals surface area contributed by atoms with Crippen molar-refractivity contribution in [2.45, 2.75) is 23.8 Å². The van der Waals surface area contributed by atoms with Crippen LogP contribution in [0.4, 0.5) is 0 Å². The largest absolute Gasteiger partial charge is 0.348 e. The van der Waals surface area contributed by atoms with E-state index < -0.39 is 10.0 Å². The Labute approximate surface area is 197 Å². The third-order valence-electron chi connectivity index (χ3n) is 6.69. The molecule has 0 bridgehead atoms. The highest BCUT2D eigenvalue weighted by atomic mass is 32.2. The molecule has 1 amide bonds. The first-order valence-electron chi connectivity index (χ1n) is 11.7. The lowest BCUT2D eigenvalue weighted by molar-refractivity contribution is -0.127. The minimum absolute atomic E-state index is 0.0639. The van der Waals surface area contributed by atoms with E-state index in [1.54, 1.807) is 30.3 Å². The molecule has 2 aliphatic rings. The van der Waals surface area contributed by atoms with Crippen LogP contribution in [0.1, 0.15) is 24.4 Å². The van der Waals surface area contributed by atoms with Crippen LogP contribution in [0.25, 0.3) is 0 Å². The fourth-order valence-electron chi connectivity index (χ4n) is 4.61. The monoisotopic (exact) mass is 470 g/mol. The summed E-state index contributed by atoms with van der Waals surface area (Å²) in [5.74, 6) is -0.415. The van der Waals surface area contributed by atoms with Gasteiger partial charge in [-0.3, -0.25) is 9.69 Å². The van der Waals surface area contributed by atoms with Crippen LogP contribution in [-0.2, 0) is 14.8 Å². The second kappa shape index (κ2) is 10.8. The van der Waals surface area contributed by atoms with Gasteiger partial charge in [0.15, 0.2) is 0 Å². The first-order chi connectivity index (χ1) is 15.9. The van der Waals surface area contributed by atoms with Crippen LogP contribution in [0.5, 0.6) is 0 Å². The van der Waals surface area contributed by atoms with E-state index in [0.29, 0.717) is 19.4 Å². The molecule has 2 fully saturated rings. The van der Waals surface area contributed by atoms with Crippen molar-refractivity contribution in [3.63, 3.8) is 0 Å². The van der Waals surface area contributed by atoms with Crippen molar-refractivity contribution >= 4 is 15.9 Å². The standard InChI is InChI=1S/C25H34N4O3S/c1-27-15-17-28(18-16-27)20-24(21-9-4-2-5-10-21)26-25(30)22-11-8-14-29(19-22)33(31,32)23-12-6-3-7-13-23/h2-7,9-10,12-13,22,24H,8,11,14-20H2,1H3,(H,26,30). The third kappa shape index (κ3) is 6.00. The van der Waals surface area contributed by atoms with Crippen molar-refractivity contribution in [3.8, 4) is 0 Å². The number of hydrogen-bond acceptors (Lipinski definition) is 5. The lowest BCUT2D eigenvalue weighted by Crippen LogP contribution is -2.50. The predicted molar refractivity (Wildman–Crippen MR) is 129 cm³/mol. The summed E-state index contributed by atoms with van der Waals surface area (Å²) in [5.41, 5.74) is 1.08. The summed E-state index contributed by atoms with van der Waals surface area (Å²) in [4.78, 5) is 18.3. The van der Waals surface area contributed by atoms with Crippen molar-refractivity contribution in [2.24, 2.45) is 5.92 Å². The molecule has 0 aromatic heterocycles. The molecule has 8 heteroatoms. The van der Waals surface area contributed by atoms with E-state index in [4.69, 9.17) is 0 Å². The van der Waals surface area contributed by atoms with Crippen LogP contribution in [-0.4, -0.2) is 81.3 Å². The molecule has 2 aliphatic heterocycles. The Morgan fingerprint density at radius 2 is 1.61 bits per heavy atom. The van der Waals surface area contributed by atoms with Crippen LogP contribution >= 0.6 is 0 Å². The fourth-order valence-corrected chi connectivity index (χ4v) is 6.16. The molecule has 33 heavy (non-hydrogen) atoms. The molecule has 1 N–H and O–H groups in total. The summed E-state index contributed by atoms with van der Waals surface area (Å²) in [7, 11) is -1.47. The number of amides is 1. The van der Waals surface area contributed by atoms with Gasteiger partial charge >= 0.3 is 0 Å². The zero-order chi connectivity index (χ0) is 23.3. The highest BCUT2D eigenvalue weighted by Gasteiger charge is 2.34. The van der Waals surface area contributed by atoms with Gasteiger partial charge in [-0.2, -0.15) is 4.31 Å². The average Bonchev–Trinajstić information content (AvgIpc) is 2.86. The summed E-state index contributed by atoms with van der Waals surface area (Å²) in [6, 6.07) is 18.4. The Balaban J connectivity index is 1.44. The maximum absolute atomic E-state index is 13.3. The van der Waals surface area contributed by atoms with E-state index in [0.717, 1.165) is 38.3 Å². The first kappa shape index (κ1) is 23.9. The number of nitrogens with zero attached hydrogens (tertiary/aromatic N) is 3. The number of carbonyl (C=O) groups excluding carboxylic acids is 1. The molecule has 4 rings (SSSR count). The van der Waals surface area contributed by atoms with Crippen molar-refractivity contribution in [1.29, 1.82) is 0 Å². The Bertz CT molecular complexity index is 1010. The second-order valence-electron chi connectivity index (χ2n) is 9.09. The van der Waals surface area contributed by atoms with E-state index >= 15 is 0 Å². The van der Waals surface area contributed by atoms with Gasteiger partial charge in [0.25, 0.3) is 0 Å². The van der Waals surface area contributed by atoms with Crippen molar-refractivity contribution in [3.05, 3.63) is 66.2 Å². The average molecular weight is 471 g/mol. The van der Waals surface area contributed by atoms with Gasteiger partial charge in [-0.15, -0.1) is 0 Å². The number of nitrogens with one attached hydrogen (secondary N) is 1. The number of sulfonamides is 1. The van der Waals surface area contributed by atoms with Gasteiger partial charge in [0, 0.05) is 45.8 Å². The molecule has 178 valence electrons. The molecular weight excluding hydrogens is 436 g/mol. The third-order valence-corrected chi connectivity index (χ3v) is 8.57. The van der Waals surface area contributed by atoms with Crippen LogP contribution in [0.3, 0.4) is 0 Å². The number of hydrogen-bond donors (Lipinski definition) is 1. The molecule has 0 saturated carbocycles. The summed E-state index contributed by atoms with van der Waals surface area (Å²) in [5, 5.41) is 3.26. The highest BCUT2D eigenvalue weighted by Crippen LogP contribution is 2.25. The predicted octanol–water partition coefficient (Wildman–Crippen LogP) is 2.19. The molecule has 2 unspecified atom stereocenters. The number of likely N-dealkylation sites (N-methyl/N-ethyl adjacent to an activating group) is 1. The van der Waals surface area contributed by atoms with Crippen molar-refractivity contribution < 1.29 is 13.2 Å². The summed E-state index contributed by atoms with van der Waals surface area (Å²) in [6.45, 7) is 5.41. The molecule has 2 heterocycles. The summed E-state index contributed by atoms with van der Waals surface area (Å²) < 4.78 is 27.6. The number of benzene rings is 2. The van der Waals surface area contributed by atoms with Gasteiger partial charge in [0.05, 0.1) is 16.9 Å². The smallest absolute Gasteiger partial charge is 0.243 e. The van der Waals surface area contributed by atoms with E-state index in [-0.39, 0.29) is 29.3 Å². The Morgan fingerprint density at radius 1 is 0.970 bits per heavy atom. The quantitative estimate of drug-likeness (QED) is 0.672. The molecule has 7 nitrogen and oxygen atoms in total. The molecule has 2 aromatic carbocycles.